The number of carbonyl (C=O) groups is 1. The molecule has 6 heteroatoms. The third kappa shape index (κ3) is 4.59. The standard InChI is InChI=1S/C12H17BrN2O2S/c1-3-15-12(2,11(16)17)6-7-18-10-5-4-9(13)8-14-10/h4-5,8,15H,3,6-7H2,1-2H3,(H,16,17). The molecule has 0 fully saturated rings. The number of aromatic nitrogens is 1. The van der Waals surface area contributed by atoms with Crippen LogP contribution in [0.4, 0.5) is 0 Å². The summed E-state index contributed by atoms with van der Waals surface area (Å²) >= 11 is 4.89. The van der Waals surface area contributed by atoms with Gasteiger partial charge in [0.05, 0.1) is 5.03 Å². The van der Waals surface area contributed by atoms with Gasteiger partial charge in [-0.3, -0.25) is 4.79 Å². The smallest absolute Gasteiger partial charge is 0.323 e. The third-order valence-corrected chi connectivity index (χ3v) is 4.01. The van der Waals surface area contributed by atoms with Crippen LogP contribution in [-0.4, -0.2) is 33.9 Å². The predicted octanol–water partition coefficient (Wildman–Crippen LogP) is 2.78. The van der Waals surface area contributed by atoms with Crippen LogP contribution in [0.3, 0.4) is 0 Å². The summed E-state index contributed by atoms with van der Waals surface area (Å²) in [6.45, 7) is 4.27. The molecule has 0 aliphatic rings. The number of hydrogen-bond acceptors (Lipinski definition) is 4. The molecule has 1 rings (SSSR count). The van der Waals surface area contributed by atoms with Gasteiger partial charge in [-0.15, -0.1) is 11.8 Å². The fourth-order valence-corrected chi connectivity index (χ4v) is 2.71. The number of halogens is 1. The van der Waals surface area contributed by atoms with Gasteiger partial charge < -0.3 is 10.4 Å². The average molecular weight is 333 g/mol. The van der Waals surface area contributed by atoms with Crippen molar-refractivity contribution in [1.29, 1.82) is 0 Å². The van der Waals surface area contributed by atoms with E-state index in [2.05, 4.69) is 26.2 Å². The Morgan fingerprint density at radius 1 is 1.61 bits per heavy atom. The number of nitrogens with zero attached hydrogens (tertiary/aromatic N) is 1. The van der Waals surface area contributed by atoms with Gasteiger partial charge in [0.15, 0.2) is 0 Å². The van der Waals surface area contributed by atoms with E-state index in [-0.39, 0.29) is 0 Å². The van der Waals surface area contributed by atoms with Crippen LogP contribution in [0.1, 0.15) is 20.3 Å². The number of likely N-dealkylation sites (N-methyl/N-ethyl adjacent to an activating group) is 1. The zero-order chi connectivity index (χ0) is 13.6. The summed E-state index contributed by atoms with van der Waals surface area (Å²) in [5.74, 6) is -0.0986. The maximum atomic E-state index is 11.2. The second-order valence-corrected chi connectivity index (χ2v) is 6.11. The Kier molecular flexibility index (Phi) is 6.11. The number of hydrogen-bond donors (Lipinski definition) is 2. The lowest BCUT2D eigenvalue weighted by atomic mass is 9.99. The van der Waals surface area contributed by atoms with Gasteiger partial charge in [-0.2, -0.15) is 0 Å². The van der Waals surface area contributed by atoms with Crippen molar-refractivity contribution < 1.29 is 9.90 Å². The third-order valence-electron chi connectivity index (χ3n) is 2.59. The van der Waals surface area contributed by atoms with E-state index in [0.29, 0.717) is 18.7 Å². The molecule has 4 nitrogen and oxygen atoms in total. The molecule has 0 spiro atoms. The normalized spacial score (nSPS) is 14.2. The van der Waals surface area contributed by atoms with Crippen LogP contribution in [-0.2, 0) is 4.79 Å². The van der Waals surface area contributed by atoms with Gasteiger partial charge >= 0.3 is 5.97 Å². The fraction of sp³-hybridized carbons (Fsp3) is 0.500. The van der Waals surface area contributed by atoms with E-state index < -0.39 is 11.5 Å². The second kappa shape index (κ2) is 7.11. The van der Waals surface area contributed by atoms with E-state index in [9.17, 15) is 9.90 Å². The molecule has 1 atom stereocenters. The topological polar surface area (TPSA) is 62.2 Å². The maximum absolute atomic E-state index is 11.2. The Morgan fingerprint density at radius 3 is 2.83 bits per heavy atom. The molecule has 0 aliphatic heterocycles. The van der Waals surface area contributed by atoms with Crippen LogP contribution >= 0.6 is 27.7 Å². The van der Waals surface area contributed by atoms with E-state index in [0.717, 1.165) is 9.50 Å². The average Bonchev–Trinajstić information content (AvgIpc) is 2.32. The lowest BCUT2D eigenvalue weighted by Gasteiger charge is -2.25. The van der Waals surface area contributed by atoms with Crippen molar-refractivity contribution in [2.45, 2.75) is 30.8 Å². The molecule has 0 amide bonds. The summed E-state index contributed by atoms with van der Waals surface area (Å²) in [7, 11) is 0. The van der Waals surface area contributed by atoms with E-state index in [1.165, 1.54) is 0 Å². The van der Waals surface area contributed by atoms with Gasteiger partial charge in [0.1, 0.15) is 5.54 Å². The predicted molar refractivity (Wildman–Crippen MR) is 77.0 cm³/mol. The SMILES string of the molecule is CCNC(C)(CCSc1ccc(Br)cn1)C(=O)O. The fourth-order valence-electron chi connectivity index (χ4n) is 1.47. The van der Waals surface area contributed by atoms with Crippen LogP contribution < -0.4 is 5.32 Å². The van der Waals surface area contributed by atoms with Crippen molar-refractivity contribution >= 4 is 33.7 Å². The van der Waals surface area contributed by atoms with Crippen molar-refractivity contribution in [3.05, 3.63) is 22.8 Å². The van der Waals surface area contributed by atoms with Gasteiger partial charge in [0, 0.05) is 16.4 Å². The molecule has 0 saturated heterocycles. The molecule has 100 valence electrons. The molecule has 0 aromatic carbocycles. The lowest BCUT2D eigenvalue weighted by molar-refractivity contribution is -0.144. The van der Waals surface area contributed by atoms with Gasteiger partial charge in [-0.25, -0.2) is 4.98 Å². The summed E-state index contributed by atoms with van der Waals surface area (Å²) in [6, 6.07) is 3.84. The Morgan fingerprint density at radius 2 is 2.33 bits per heavy atom. The van der Waals surface area contributed by atoms with Crippen molar-refractivity contribution in [3.63, 3.8) is 0 Å². The van der Waals surface area contributed by atoms with E-state index in [1.807, 2.05) is 19.1 Å². The molecular weight excluding hydrogens is 316 g/mol. The molecule has 0 radical (unpaired) electrons. The van der Waals surface area contributed by atoms with Crippen LogP contribution in [0, 0.1) is 0 Å². The minimum Gasteiger partial charge on any atom is -0.480 e. The Hall–Kier alpha value is -0.590. The zero-order valence-corrected chi connectivity index (χ0v) is 12.8. The highest BCUT2D eigenvalue weighted by Crippen LogP contribution is 2.21. The summed E-state index contributed by atoms with van der Waals surface area (Å²) in [6.07, 6.45) is 2.29. The summed E-state index contributed by atoms with van der Waals surface area (Å²) in [5, 5.41) is 13.1. The Bertz CT molecular complexity index is 400. The summed E-state index contributed by atoms with van der Waals surface area (Å²) in [4.78, 5) is 15.4. The molecule has 1 unspecified atom stereocenters. The minimum absolute atomic E-state index is 0.554. The number of rotatable bonds is 7. The second-order valence-electron chi connectivity index (χ2n) is 4.08. The highest BCUT2D eigenvalue weighted by Gasteiger charge is 2.31. The van der Waals surface area contributed by atoms with E-state index in [1.54, 1.807) is 24.9 Å². The first kappa shape index (κ1) is 15.5. The van der Waals surface area contributed by atoms with Crippen molar-refractivity contribution in [3.8, 4) is 0 Å². The lowest BCUT2D eigenvalue weighted by Crippen LogP contribution is -2.49. The number of pyridine rings is 1. The summed E-state index contributed by atoms with van der Waals surface area (Å²) < 4.78 is 0.940. The number of nitrogens with one attached hydrogen (secondary N) is 1. The van der Waals surface area contributed by atoms with Gasteiger partial charge in [-0.05, 0) is 48.0 Å². The van der Waals surface area contributed by atoms with Crippen LogP contribution in [0.15, 0.2) is 27.8 Å². The molecule has 0 saturated carbocycles. The molecule has 0 bridgehead atoms. The molecule has 1 aromatic rings. The van der Waals surface area contributed by atoms with Crippen molar-refractivity contribution in [2.75, 3.05) is 12.3 Å². The first-order valence-electron chi connectivity index (χ1n) is 5.70. The highest BCUT2D eigenvalue weighted by molar-refractivity contribution is 9.10. The number of thioether (sulfide) groups is 1. The van der Waals surface area contributed by atoms with Crippen molar-refractivity contribution in [1.82, 2.24) is 10.3 Å². The molecule has 0 aliphatic carbocycles. The largest absolute Gasteiger partial charge is 0.480 e. The van der Waals surface area contributed by atoms with Crippen LogP contribution in [0.25, 0.3) is 0 Å². The van der Waals surface area contributed by atoms with E-state index in [4.69, 9.17) is 0 Å². The first-order chi connectivity index (χ1) is 8.48. The minimum atomic E-state index is -0.864. The molecule has 2 N–H and O–H groups in total. The molecule has 1 heterocycles. The van der Waals surface area contributed by atoms with Crippen molar-refractivity contribution in [2.24, 2.45) is 0 Å². The summed E-state index contributed by atoms with van der Waals surface area (Å²) in [5.41, 5.74) is -0.864. The quantitative estimate of drug-likeness (QED) is 0.752. The monoisotopic (exact) mass is 332 g/mol. The Labute approximate surface area is 120 Å². The molecule has 18 heavy (non-hydrogen) atoms. The first-order valence-corrected chi connectivity index (χ1v) is 7.48. The highest BCUT2D eigenvalue weighted by atomic mass is 79.9. The number of carboxylic acids is 1. The molecular formula is C12H17BrN2O2S. The Balaban J connectivity index is 2.48. The van der Waals surface area contributed by atoms with E-state index >= 15 is 0 Å². The van der Waals surface area contributed by atoms with Crippen LogP contribution in [0.5, 0.6) is 0 Å². The van der Waals surface area contributed by atoms with Crippen LogP contribution in [0.2, 0.25) is 0 Å². The zero-order valence-electron chi connectivity index (χ0n) is 10.4. The maximum Gasteiger partial charge on any atom is 0.323 e. The van der Waals surface area contributed by atoms with Gasteiger partial charge in [0.2, 0.25) is 0 Å². The van der Waals surface area contributed by atoms with Gasteiger partial charge in [-0.1, -0.05) is 6.92 Å². The van der Waals surface area contributed by atoms with Gasteiger partial charge in [0.25, 0.3) is 0 Å². The molecule has 1 aromatic heterocycles. The number of aliphatic carboxylic acids is 1. The number of carboxylic acid groups (broad SMARTS) is 1.